The van der Waals surface area contributed by atoms with Gasteiger partial charge in [-0.15, -0.1) is 0 Å². The third-order valence-corrected chi connectivity index (χ3v) is 2.18. The van der Waals surface area contributed by atoms with E-state index in [0.29, 0.717) is 6.61 Å². The van der Waals surface area contributed by atoms with Crippen molar-refractivity contribution in [2.75, 3.05) is 13.2 Å². The van der Waals surface area contributed by atoms with Crippen LogP contribution in [0.4, 0.5) is 0 Å². The molecule has 0 heterocycles. The number of carbonyl (C=O) groups excluding carboxylic acids is 2. The second-order valence-corrected chi connectivity index (χ2v) is 4.16. The van der Waals surface area contributed by atoms with E-state index in [1.807, 2.05) is 20.8 Å². The Hall–Kier alpha value is -1.06. The molecule has 0 rings (SSSR count). The predicted octanol–water partition coefficient (Wildman–Crippen LogP) is 1.92. The summed E-state index contributed by atoms with van der Waals surface area (Å²) in [6, 6.07) is 0. The van der Waals surface area contributed by atoms with E-state index in [4.69, 9.17) is 4.74 Å². The fourth-order valence-corrected chi connectivity index (χ4v) is 0.759. The molecule has 0 unspecified atom stereocenters. The van der Waals surface area contributed by atoms with E-state index < -0.39 is 11.9 Å². The van der Waals surface area contributed by atoms with E-state index in [1.54, 1.807) is 6.92 Å². The van der Waals surface area contributed by atoms with Crippen LogP contribution in [-0.2, 0) is 19.1 Å². The van der Waals surface area contributed by atoms with Crippen molar-refractivity contribution in [1.82, 2.24) is 0 Å². The Morgan fingerprint density at radius 3 is 2.07 bits per heavy atom. The molecule has 0 aliphatic heterocycles. The van der Waals surface area contributed by atoms with Crippen molar-refractivity contribution in [3.8, 4) is 0 Å². The zero-order chi connectivity index (χ0) is 11.9. The van der Waals surface area contributed by atoms with E-state index in [1.165, 1.54) is 0 Å². The summed E-state index contributed by atoms with van der Waals surface area (Å²) in [5, 5.41) is 0. The molecule has 0 radical (unpaired) electrons. The monoisotopic (exact) mass is 216 g/mol. The molecule has 0 atom stereocenters. The van der Waals surface area contributed by atoms with Crippen LogP contribution in [0.3, 0.4) is 0 Å². The first-order valence-corrected chi connectivity index (χ1v) is 5.22. The zero-order valence-corrected chi connectivity index (χ0v) is 9.96. The highest BCUT2D eigenvalue weighted by molar-refractivity contribution is 5.91. The van der Waals surface area contributed by atoms with Gasteiger partial charge >= 0.3 is 11.9 Å². The highest BCUT2D eigenvalue weighted by Crippen LogP contribution is 2.19. The molecule has 4 heteroatoms. The van der Waals surface area contributed by atoms with E-state index in [2.05, 4.69) is 4.74 Å². The topological polar surface area (TPSA) is 52.6 Å². The van der Waals surface area contributed by atoms with Gasteiger partial charge in [-0.3, -0.25) is 9.59 Å². The Balaban J connectivity index is 3.80. The maximum Gasteiger partial charge on any atom is 0.317 e. The Labute approximate surface area is 90.9 Å². The Morgan fingerprint density at radius 1 is 1.07 bits per heavy atom. The SMILES string of the molecule is CCOC(=O)CC(=O)OCC(C)(C)CC. The van der Waals surface area contributed by atoms with E-state index in [0.717, 1.165) is 6.42 Å². The van der Waals surface area contributed by atoms with Crippen LogP contribution in [0.2, 0.25) is 0 Å². The van der Waals surface area contributed by atoms with Gasteiger partial charge < -0.3 is 9.47 Å². The van der Waals surface area contributed by atoms with Crippen molar-refractivity contribution >= 4 is 11.9 Å². The summed E-state index contributed by atoms with van der Waals surface area (Å²) in [5.41, 5.74) is -0.0374. The third kappa shape index (κ3) is 6.94. The molecule has 0 aromatic rings. The summed E-state index contributed by atoms with van der Waals surface area (Å²) in [6.45, 7) is 8.35. The fraction of sp³-hybridized carbons (Fsp3) is 0.818. The minimum absolute atomic E-state index is 0.0374. The second kappa shape index (κ2) is 6.43. The number of rotatable bonds is 6. The molecule has 0 saturated heterocycles. The molecule has 0 saturated carbocycles. The summed E-state index contributed by atoms with van der Waals surface area (Å²) in [5.74, 6) is -1.05. The molecule has 0 spiro atoms. The van der Waals surface area contributed by atoms with Crippen LogP contribution in [0.25, 0.3) is 0 Å². The van der Waals surface area contributed by atoms with Gasteiger partial charge in [0.25, 0.3) is 0 Å². The van der Waals surface area contributed by atoms with Crippen molar-refractivity contribution in [3.05, 3.63) is 0 Å². The molecule has 0 bridgehead atoms. The number of hydrogen-bond acceptors (Lipinski definition) is 4. The number of ether oxygens (including phenoxy) is 2. The maximum absolute atomic E-state index is 11.2. The molecule has 0 aliphatic carbocycles. The van der Waals surface area contributed by atoms with Gasteiger partial charge in [0.2, 0.25) is 0 Å². The van der Waals surface area contributed by atoms with Crippen molar-refractivity contribution in [3.63, 3.8) is 0 Å². The minimum atomic E-state index is -0.531. The smallest absolute Gasteiger partial charge is 0.317 e. The molecule has 0 aliphatic rings. The summed E-state index contributed by atoms with van der Waals surface area (Å²) < 4.78 is 9.61. The van der Waals surface area contributed by atoms with E-state index in [-0.39, 0.29) is 18.4 Å². The van der Waals surface area contributed by atoms with Gasteiger partial charge in [-0.2, -0.15) is 0 Å². The lowest BCUT2D eigenvalue weighted by atomic mass is 9.92. The van der Waals surface area contributed by atoms with Gasteiger partial charge in [-0.25, -0.2) is 0 Å². The number of hydrogen-bond donors (Lipinski definition) is 0. The van der Waals surface area contributed by atoms with Gasteiger partial charge in [0.05, 0.1) is 13.2 Å². The van der Waals surface area contributed by atoms with E-state index >= 15 is 0 Å². The van der Waals surface area contributed by atoms with Crippen molar-refractivity contribution in [1.29, 1.82) is 0 Å². The van der Waals surface area contributed by atoms with Crippen LogP contribution in [0.5, 0.6) is 0 Å². The molecule has 0 aromatic carbocycles. The average Bonchev–Trinajstić information content (AvgIpc) is 2.15. The van der Waals surface area contributed by atoms with Gasteiger partial charge in [0.15, 0.2) is 0 Å². The lowest BCUT2D eigenvalue weighted by Crippen LogP contribution is -2.22. The van der Waals surface area contributed by atoms with Crippen molar-refractivity contribution in [2.45, 2.75) is 40.5 Å². The molecule has 88 valence electrons. The standard InChI is InChI=1S/C11H20O4/c1-5-11(3,4)8-15-10(13)7-9(12)14-6-2/h5-8H2,1-4H3. The molecule has 0 aromatic heterocycles. The number of esters is 2. The van der Waals surface area contributed by atoms with Crippen LogP contribution < -0.4 is 0 Å². The van der Waals surface area contributed by atoms with Gasteiger partial charge in [0.1, 0.15) is 6.42 Å². The molecule has 15 heavy (non-hydrogen) atoms. The van der Waals surface area contributed by atoms with Crippen LogP contribution in [0.15, 0.2) is 0 Å². The van der Waals surface area contributed by atoms with Crippen LogP contribution in [0.1, 0.15) is 40.5 Å². The van der Waals surface area contributed by atoms with Gasteiger partial charge in [-0.1, -0.05) is 20.8 Å². The summed E-state index contributed by atoms with van der Waals surface area (Å²) >= 11 is 0. The lowest BCUT2D eigenvalue weighted by molar-refractivity contribution is -0.156. The normalized spacial score (nSPS) is 10.9. The van der Waals surface area contributed by atoms with Gasteiger partial charge in [-0.05, 0) is 18.8 Å². The number of carbonyl (C=O) groups is 2. The van der Waals surface area contributed by atoms with Crippen molar-refractivity contribution in [2.24, 2.45) is 5.41 Å². The Bertz CT molecular complexity index is 221. The fourth-order valence-electron chi connectivity index (χ4n) is 0.759. The lowest BCUT2D eigenvalue weighted by Gasteiger charge is -2.21. The predicted molar refractivity (Wildman–Crippen MR) is 56.3 cm³/mol. The summed E-state index contributed by atoms with van der Waals surface area (Å²) in [4.78, 5) is 22.1. The zero-order valence-electron chi connectivity index (χ0n) is 9.96. The third-order valence-electron chi connectivity index (χ3n) is 2.18. The molecule has 0 N–H and O–H groups in total. The Morgan fingerprint density at radius 2 is 1.60 bits per heavy atom. The molecule has 0 fully saturated rings. The van der Waals surface area contributed by atoms with Crippen molar-refractivity contribution < 1.29 is 19.1 Å². The first kappa shape index (κ1) is 13.9. The van der Waals surface area contributed by atoms with Crippen LogP contribution >= 0.6 is 0 Å². The highest BCUT2D eigenvalue weighted by atomic mass is 16.6. The average molecular weight is 216 g/mol. The molecule has 4 nitrogen and oxygen atoms in total. The first-order valence-electron chi connectivity index (χ1n) is 5.22. The molecular weight excluding hydrogens is 196 g/mol. The Kier molecular flexibility index (Phi) is 5.97. The molecule has 0 amide bonds. The maximum atomic E-state index is 11.2. The largest absolute Gasteiger partial charge is 0.466 e. The summed E-state index contributed by atoms with van der Waals surface area (Å²) in [6.07, 6.45) is 0.618. The van der Waals surface area contributed by atoms with Crippen LogP contribution in [-0.4, -0.2) is 25.2 Å². The second-order valence-electron chi connectivity index (χ2n) is 4.16. The first-order chi connectivity index (χ1) is 6.91. The van der Waals surface area contributed by atoms with Crippen LogP contribution in [0, 0.1) is 5.41 Å². The summed E-state index contributed by atoms with van der Waals surface area (Å²) in [7, 11) is 0. The minimum Gasteiger partial charge on any atom is -0.466 e. The van der Waals surface area contributed by atoms with Gasteiger partial charge in [0, 0.05) is 0 Å². The quantitative estimate of drug-likeness (QED) is 0.503. The van der Waals surface area contributed by atoms with E-state index in [9.17, 15) is 9.59 Å². The highest BCUT2D eigenvalue weighted by Gasteiger charge is 2.19. The molecular formula is C11H20O4.